The zero-order valence-electron chi connectivity index (χ0n) is 11.8. The van der Waals surface area contributed by atoms with E-state index >= 15 is 0 Å². The lowest BCUT2D eigenvalue weighted by molar-refractivity contribution is 0.120. The molecule has 0 radical (unpaired) electrons. The van der Waals surface area contributed by atoms with Crippen molar-refractivity contribution in [1.29, 1.82) is 0 Å². The van der Waals surface area contributed by atoms with Gasteiger partial charge in [0.1, 0.15) is 0 Å². The molecule has 2 aromatic rings. The summed E-state index contributed by atoms with van der Waals surface area (Å²) in [5.41, 5.74) is -0.0329. The highest BCUT2D eigenvalue weighted by molar-refractivity contribution is 5.54. The van der Waals surface area contributed by atoms with Gasteiger partial charge in [-0.3, -0.25) is 0 Å². The first-order chi connectivity index (χ1) is 9.81. The molecule has 2 atom stereocenters. The monoisotopic (exact) mass is 300 g/mol. The molecule has 0 saturated carbocycles. The maximum absolute atomic E-state index is 13.2. The van der Waals surface area contributed by atoms with Gasteiger partial charge in [-0.05, 0) is 25.0 Å². The van der Waals surface area contributed by atoms with Gasteiger partial charge in [-0.1, -0.05) is 19.0 Å². The Hall–Kier alpha value is -1.89. The normalized spacial score (nSPS) is 14.5. The van der Waals surface area contributed by atoms with Crippen molar-refractivity contribution < 1.29 is 22.8 Å². The average Bonchev–Trinajstić information content (AvgIpc) is 2.83. The van der Waals surface area contributed by atoms with Crippen LogP contribution in [0.2, 0.25) is 0 Å². The molecule has 7 heteroatoms. The predicted octanol–water partition coefficient (Wildman–Crippen LogP) is 3.27. The van der Waals surface area contributed by atoms with Crippen LogP contribution in [0, 0.1) is 23.4 Å². The van der Waals surface area contributed by atoms with Crippen molar-refractivity contribution in [3.8, 4) is 11.4 Å². The quantitative estimate of drug-likeness (QED) is 0.880. The van der Waals surface area contributed by atoms with E-state index in [-0.39, 0.29) is 23.2 Å². The largest absolute Gasteiger partial charge is 0.393 e. The SMILES string of the molecule is CC(C)C(c1nc(-c2cc(F)c(F)c(F)c2)no1)C(C)O. The third-order valence-electron chi connectivity index (χ3n) is 3.21. The van der Waals surface area contributed by atoms with Crippen LogP contribution in [0.5, 0.6) is 0 Å². The van der Waals surface area contributed by atoms with Gasteiger partial charge in [-0.2, -0.15) is 4.98 Å². The van der Waals surface area contributed by atoms with Crippen LogP contribution >= 0.6 is 0 Å². The maximum Gasteiger partial charge on any atom is 0.232 e. The molecule has 1 heterocycles. The first-order valence-corrected chi connectivity index (χ1v) is 6.47. The molecule has 0 amide bonds. The Morgan fingerprint density at radius 2 is 1.67 bits per heavy atom. The van der Waals surface area contributed by atoms with E-state index in [0.29, 0.717) is 0 Å². The molecule has 1 N–H and O–H groups in total. The van der Waals surface area contributed by atoms with Gasteiger partial charge >= 0.3 is 0 Å². The summed E-state index contributed by atoms with van der Waals surface area (Å²) in [5.74, 6) is -4.47. The second kappa shape index (κ2) is 5.85. The number of nitrogens with zero attached hydrogens (tertiary/aromatic N) is 2. The van der Waals surface area contributed by atoms with E-state index in [1.165, 1.54) is 0 Å². The molecule has 114 valence electrons. The third kappa shape index (κ3) is 3.07. The summed E-state index contributed by atoms with van der Waals surface area (Å²) in [6.07, 6.45) is -0.722. The van der Waals surface area contributed by atoms with Crippen LogP contribution in [0.25, 0.3) is 11.4 Å². The standard InChI is InChI=1S/C14H15F3N2O2/c1-6(2)11(7(3)20)14-18-13(19-21-14)8-4-9(15)12(17)10(16)5-8/h4-7,11,20H,1-3H3. The summed E-state index contributed by atoms with van der Waals surface area (Å²) in [6, 6.07) is 1.58. The van der Waals surface area contributed by atoms with Gasteiger partial charge in [0.25, 0.3) is 0 Å². The Labute approximate surface area is 119 Å². The number of aromatic nitrogens is 2. The van der Waals surface area contributed by atoms with E-state index in [2.05, 4.69) is 10.1 Å². The molecular formula is C14H15F3N2O2. The van der Waals surface area contributed by atoms with Crippen LogP contribution in [-0.4, -0.2) is 21.4 Å². The van der Waals surface area contributed by atoms with E-state index in [4.69, 9.17) is 4.52 Å². The molecule has 0 aliphatic carbocycles. The molecule has 2 rings (SSSR count). The number of aliphatic hydroxyl groups excluding tert-OH is 1. The van der Waals surface area contributed by atoms with E-state index < -0.39 is 29.5 Å². The summed E-state index contributed by atoms with van der Waals surface area (Å²) >= 11 is 0. The Morgan fingerprint density at radius 1 is 1.10 bits per heavy atom. The van der Waals surface area contributed by atoms with Crippen molar-refractivity contribution in [2.45, 2.75) is 32.8 Å². The fourth-order valence-electron chi connectivity index (χ4n) is 2.22. The van der Waals surface area contributed by atoms with Crippen molar-refractivity contribution >= 4 is 0 Å². The van der Waals surface area contributed by atoms with Crippen molar-refractivity contribution in [2.75, 3.05) is 0 Å². The highest BCUT2D eigenvalue weighted by atomic mass is 19.2. The lowest BCUT2D eigenvalue weighted by atomic mass is 9.91. The zero-order chi connectivity index (χ0) is 15.7. The van der Waals surface area contributed by atoms with Crippen LogP contribution in [-0.2, 0) is 0 Å². The molecular weight excluding hydrogens is 285 g/mol. The van der Waals surface area contributed by atoms with Crippen LogP contribution in [0.3, 0.4) is 0 Å². The Kier molecular flexibility index (Phi) is 4.32. The molecule has 0 aliphatic heterocycles. The highest BCUT2D eigenvalue weighted by Gasteiger charge is 2.27. The van der Waals surface area contributed by atoms with Crippen LogP contribution in [0.15, 0.2) is 16.7 Å². The van der Waals surface area contributed by atoms with Crippen molar-refractivity contribution in [3.63, 3.8) is 0 Å². The topological polar surface area (TPSA) is 59.2 Å². The fourth-order valence-corrected chi connectivity index (χ4v) is 2.22. The van der Waals surface area contributed by atoms with Gasteiger partial charge in [0.15, 0.2) is 17.5 Å². The Balaban J connectivity index is 2.40. The lowest BCUT2D eigenvalue weighted by Crippen LogP contribution is -2.20. The molecule has 4 nitrogen and oxygen atoms in total. The number of benzene rings is 1. The molecule has 2 unspecified atom stereocenters. The van der Waals surface area contributed by atoms with Gasteiger partial charge in [-0.15, -0.1) is 0 Å². The number of hydrogen-bond donors (Lipinski definition) is 1. The lowest BCUT2D eigenvalue weighted by Gasteiger charge is -2.19. The zero-order valence-corrected chi connectivity index (χ0v) is 11.8. The second-order valence-corrected chi connectivity index (χ2v) is 5.22. The predicted molar refractivity (Wildman–Crippen MR) is 68.9 cm³/mol. The summed E-state index contributed by atoms with van der Waals surface area (Å²) in [7, 11) is 0. The minimum absolute atomic E-state index is 0.0278. The van der Waals surface area contributed by atoms with Crippen molar-refractivity contribution in [2.24, 2.45) is 5.92 Å². The van der Waals surface area contributed by atoms with Gasteiger partial charge in [-0.25, -0.2) is 13.2 Å². The maximum atomic E-state index is 13.2. The van der Waals surface area contributed by atoms with Gasteiger partial charge in [0.2, 0.25) is 11.7 Å². The summed E-state index contributed by atoms with van der Waals surface area (Å²) in [5, 5.41) is 13.4. The summed E-state index contributed by atoms with van der Waals surface area (Å²) in [6.45, 7) is 5.34. The van der Waals surface area contributed by atoms with Gasteiger partial charge in [0.05, 0.1) is 12.0 Å². The smallest absolute Gasteiger partial charge is 0.232 e. The molecule has 0 bridgehead atoms. The average molecular weight is 300 g/mol. The molecule has 1 aromatic heterocycles. The van der Waals surface area contributed by atoms with Gasteiger partial charge < -0.3 is 9.63 Å². The molecule has 0 fully saturated rings. The molecule has 0 spiro atoms. The fraction of sp³-hybridized carbons (Fsp3) is 0.429. The molecule has 0 saturated heterocycles. The number of hydrogen-bond acceptors (Lipinski definition) is 4. The number of rotatable bonds is 4. The Morgan fingerprint density at radius 3 is 2.14 bits per heavy atom. The van der Waals surface area contributed by atoms with E-state index in [1.807, 2.05) is 13.8 Å². The van der Waals surface area contributed by atoms with E-state index in [0.717, 1.165) is 12.1 Å². The molecule has 0 aliphatic rings. The third-order valence-corrected chi connectivity index (χ3v) is 3.21. The van der Waals surface area contributed by atoms with Crippen molar-refractivity contribution in [3.05, 3.63) is 35.5 Å². The van der Waals surface area contributed by atoms with Crippen LogP contribution in [0.4, 0.5) is 13.2 Å². The van der Waals surface area contributed by atoms with Crippen molar-refractivity contribution in [1.82, 2.24) is 10.1 Å². The molecule has 21 heavy (non-hydrogen) atoms. The van der Waals surface area contributed by atoms with Crippen LogP contribution in [0.1, 0.15) is 32.6 Å². The minimum Gasteiger partial charge on any atom is -0.393 e. The first-order valence-electron chi connectivity index (χ1n) is 6.47. The Bertz CT molecular complexity index is 610. The van der Waals surface area contributed by atoms with E-state index in [1.54, 1.807) is 6.92 Å². The summed E-state index contributed by atoms with van der Waals surface area (Å²) < 4.78 is 44.4. The number of halogens is 3. The number of aliphatic hydroxyl groups is 1. The second-order valence-electron chi connectivity index (χ2n) is 5.22. The molecule has 1 aromatic carbocycles. The first kappa shape index (κ1) is 15.5. The van der Waals surface area contributed by atoms with Gasteiger partial charge in [0, 0.05) is 5.56 Å². The summed E-state index contributed by atoms with van der Waals surface area (Å²) in [4.78, 5) is 4.04. The van der Waals surface area contributed by atoms with E-state index in [9.17, 15) is 18.3 Å². The minimum atomic E-state index is -1.55. The highest BCUT2D eigenvalue weighted by Crippen LogP contribution is 2.29. The van der Waals surface area contributed by atoms with Crippen LogP contribution < -0.4 is 0 Å².